The number of amides is 1. The van der Waals surface area contributed by atoms with Gasteiger partial charge in [-0.25, -0.2) is 0 Å². The number of rotatable bonds is 11. The summed E-state index contributed by atoms with van der Waals surface area (Å²) in [5.41, 5.74) is 1.85. The molecule has 0 aliphatic carbocycles. The molecule has 1 atom stereocenters. The van der Waals surface area contributed by atoms with E-state index in [1.54, 1.807) is 0 Å². The average molecular weight is 336 g/mol. The summed E-state index contributed by atoms with van der Waals surface area (Å²) >= 11 is 0. The number of ether oxygens (including phenoxy) is 1. The lowest BCUT2D eigenvalue weighted by atomic mass is 10.1. The summed E-state index contributed by atoms with van der Waals surface area (Å²) in [6.45, 7) is 7.01. The van der Waals surface area contributed by atoms with Crippen LogP contribution in [0.4, 0.5) is 5.69 Å². The van der Waals surface area contributed by atoms with Gasteiger partial charge in [0.1, 0.15) is 6.04 Å². The number of hydrogen-bond acceptors (Lipinski definition) is 4. The molecule has 0 radical (unpaired) electrons. The van der Waals surface area contributed by atoms with Crippen molar-refractivity contribution >= 4 is 17.6 Å². The van der Waals surface area contributed by atoms with Gasteiger partial charge in [-0.2, -0.15) is 0 Å². The van der Waals surface area contributed by atoms with Gasteiger partial charge in [-0.1, -0.05) is 19.1 Å². The number of nitrogens with one attached hydrogen (secondary N) is 2. The smallest absolute Gasteiger partial charge is 0.321 e. The summed E-state index contributed by atoms with van der Waals surface area (Å²) in [5.74, 6) is -1.35. The van der Waals surface area contributed by atoms with Crippen LogP contribution in [0.15, 0.2) is 24.3 Å². The molecule has 0 bridgehead atoms. The maximum Gasteiger partial charge on any atom is 0.321 e. The van der Waals surface area contributed by atoms with Crippen LogP contribution < -0.4 is 10.6 Å². The van der Waals surface area contributed by atoms with Gasteiger partial charge in [-0.3, -0.25) is 9.59 Å². The first kappa shape index (κ1) is 20.1. The van der Waals surface area contributed by atoms with Gasteiger partial charge in [0.2, 0.25) is 5.91 Å². The first-order valence-corrected chi connectivity index (χ1v) is 8.39. The lowest BCUT2D eigenvalue weighted by molar-refractivity contribution is -0.141. The molecule has 134 valence electrons. The van der Waals surface area contributed by atoms with Gasteiger partial charge < -0.3 is 20.5 Å². The number of carbonyl (C=O) groups excluding carboxylic acids is 1. The molecule has 0 aliphatic rings. The van der Waals surface area contributed by atoms with Gasteiger partial charge in [-0.05, 0) is 50.9 Å². The standard InChI is InChI=1S/C18H28N2O4/c1-4-14-6-8-15(9-7-14)20-17(21)12-16(18(22)23)19-10-5-11-24-13(2)3/h6-9,13,16,19H,4-5,10-12H2,1-3H3,(H,20,21)(H,22,23)/t16-/m0/s1. The predicted molar refractivity (Wildman–Crippen MR) is 94.2 cm³/mol. The van der Waals surface area contributed by atoms with Crippen molar-refractivity contribution in [3.63, 3.8) is 0 Å². The molecule has 0 fully saturated rings. The Kier molecular flexibility index (Phi) is 9.04. The largest absolute Gasteiger partial charge is 0.480 e. The van der Waals surface area contributed by atoms with Gasteiger partial charge in [-0.15, -0.1) is 0 Å². The van der Waals surface area contributed by atoms with Gasteiger partial charge >= 0.3 is 5.97 Å². The van der Waals surface area contributed by atoms with Gasteiger partial charge in [0, 0.05) is 12.3 Å². The number of carboxylic acid groups (broad SMARTS) is 1. The Morgan fingerprint density at radius 2 is 1.88 bits per heavy atom. The van der Waals surface area contributed by atoms with E-state index in [2.05, 4.69) is 17.6 Å². The first-order valence-electron chi connectivity index (χ1n) is 8.39. The molecule has 0 heterocycles. The number of carboxylic acids is 1. The van der Waals surface area contributed by atoms with Gasteiger partial charge in [0.25, 0.3) is 0 Å². The fraction of sp³-hybridized carbons (Fsp3) is 0.556. The Bertz CT molecular complexity index is 514. The third-order valence-corrected chi connectivity index (χ3v) is 3.50. The predicted octanol–water partition coefficient (Wildman–Crippen LogP) is 2.44. The Hall–Kier alpha value is -1.92. The number of aryl methyl sites for hydroxylation is 1. The van der Waals surface area contributed by atoms with E-state index < -0.39 is 12.0 Å². The highest BCUT2D eigenvalue weighted by atomic mass is 16.5. The molecule has 0 saturated carbocycles. The van der Waals surface area contributed by atoms with E-state index in [9.17, 15) is 14.7 Å². The van der Waals surface area contributed by atoms with Gasteiger partial charge in [0.05, 0.1) is 12.5 Å². The lowest BCUT2D eigenvalue weighted by Gasteiger charge is -2.15. The van der Waals surface area contributed by atoms with Crippen molar-refractivity contribution < 1.29 is 19.4 Å². The summed E-state index contributed by atoms with van der Waals surface area (Å²) < 4.78 is 5.40. The van der Waals surface area contributed by atoms with Crippen LogP contribution in [0.3, 0.4) is 0 Å². The SMILES string of the molecule is CCc1ccc(NC(=O)C[C@H](NCCCOC(C)C)C(=O)O)cc1. The third kappa shape index (κ3) is 8.08. The van der Waals surface area contributed by atoms with E-state index in [0.717, 1.165) is 6.42 Å². The van der Waals surface area contributed by atoms with Crippen LogP contribution in [-0.4, -0.2) is 42.3 Å². The van der Waals surface area contributed by atoms with E-state index in [-0.39, 0.29) is 18.4 Å². The van der Waals surface area contributed by atoms with E-state index in [1.807, 2.05) is 38.1 Å². The highest BCUT2D eigenvalue weighted by molar-refractivity contribution is 5.94. The molecule has 6 nitrogen and oxygen atoms in total. The zero-order valence-electron chi connectivity index (χ0n) is 14.7. The van der Waals surface area contributed by atoms with Crippen molar-refractivity contribution in [1.82, 2.24) is 5.32 Å². The summed E-state index contributed by atoms with van der Waals surface area (Å²) in [7, 11) is 0. The fourth-order valence-corrected chi connectivity index (χ4v) is 2.14. The Labute approximate surface area is 143 Å². The van der Waals surface area contributed by atoms with Crippen LogP contribution in [0.1, 0.15) is 39.2 Å². The van der Waals surface area contributed by atoms with Crippen molar-refractivity contribution in [3.05, 3.63) is 29.8 Å². The fourth-order valence-electron chi connectivity index (χ4n) is 2.14. The van der Waals surface area contributed by atoms with Crippen LogP contribution in [0, 0.1) is 0 Å². The van der Waals surface area contributed by atoms with E-state index in [4.69, 9.17) is 4.74 Å². The molecule has 1 rings (SSSR count). The van der Waals surface area contributed by atoms with Crippen LogP contribution >= 0.6 is 0 Å². The minimum Gasteiger partial charge on any atom is -0.480 e. The summed E-state index contributed by atoms with van der Waals surface area (Å²) in [6, 6.07) is 6.62. The molecule has 0 unspecified atom stereocenters. The van der Waals surface area contributed by atoms with Crippen molar-refractivity contribution in [2.24, 2.45) is 0 Å². The van der Waals surface area contributed by atoms with E-state index in [1.165, 1.54) is 5.56 Å². The van der Waals surface area contributed by atoms with Crippen molar-refractivity contribution in [1.29, 1.82) is 0 Å². The number of benzene rings is 1. The summed E-state index contributed by atoms with van der Waals surface area (Å²) in [6.07, 6.45) is 1.67. The Balaban J connectivity index is 2.40. The topological polar surface area (TPSA) is 87.7 Å². The van der Waals surface area contributed by atoms with Crippen molar-refractivity contribution in [2.45, 2.75) is 52.2 Å². The summed E-state index contributed by atoms with van der Waals surface area (Å²) in [5, 5.41) is 14.8. The normalized spacial score (nSPS) is 12.2. The molecule has 3 N–H and O–H groups in total. The van der Waals surface area contributed by atoms with Gasteiger partial charge in [0.15, 0.2) is 0 Å². The molecule has 0 aromatic heterocycles. The molecule has 6 heteroatoms. The van der Waals surface area contributed by atoms with E-state index >= 15 is 0 Å². The maximum absolute atomic E-state index is 12.0. The zero-order chi connectivity index (χ0) is 17.9. The highest BCUT2D eigenvalue weighted by Crippen LogP contribution is 2.10. The Morgan fingerprint density at radius 3 is 2.42 bits per heavy atom. The minimum absolute atomic E-state index is 0.115. The molecule has 1 aromatic carbocycles. The molecule has 0 saturated heterocycles. The summed E-state index contributed by atoms with van der Waals surface area (Å²) in [4.78, 5) is 23.3. The van der Waals surface area contributed by atoms with Crippen LogP contribution in [0.25, 0.3) is 0 Å². The first-order chi connectivity index (χ1) is 11.4. The molecule has 1 aromatic rings. The molecule has 1 amide bonds. The zero-order valence-corrected chi connectivity index (χ0v) is 14.7. The molecule has 0 aliphatic heterocycles. The second kappa shape index (κ2) is 10.8. The molecule has 24 heavy (non-hydrogen) atoms. The second-order valence-electron chi connectivity index (χ2n) is 5.92. The van der Waals surface area contributed by atoms with Crippen molar-refractivity contribution in [2.75, 3.05) is 18.5 Å². The lowest BCUT2D eigenvalue weighted by Crippen LogP contribution is -2.40. The Morgan fingerprint density at radius 1 is 1.21 bits per heavy atom. The van der Waals surface area contributed by atoms with Crippen LogP contribution in [0.5, 0.6) is 0 Å². The van der Waals surface area contributed by atoms with E-state index in [0.29, 0.717) is 25.3 Å². The number of hydrogen-bond donors (Lipinski definition) is 3. The molecule has 0 spiro atoms. The number of carbonyl (C=O) groups is 2. The minimum atomic E-state index is -1.03. The third-order valence-electron chi connectivity index (χ3n) is 3.50. The van der Waals surface area contributed by atoms with Crippen molar-refractivity contribution in [3.8, 4) is 0 Å². The maximum atomic E-state index is 12.0. The van der Waals surface area contributed by atoms with Crippen LogP contribution in [0.2, 0.25) is 0 Å². The molecular formula is C18H28N2O4. The number of anilines is 1. The van der Waals surface area contributed by atoms with Crippen LogP contribution in [-0.2, 0) is 20.7 Å². The average Bonchev–Trinajstić information content (AvgIpc) is 2.53. The molecular weight excluding hydrogens is 308 g/mol. The highest BCUT2D eigenvalue weighted by Gasteiger charge is 2.20. The quantitative estimate of drug-likeness (QED) is 0.540. The number of aliphatic carboxylic acids is 1. The second-order valence-corrected chi connectivity index (χ2v) is 5.92. The monoisotopic (exact) mass is 336 g/mol.